The van der Waals surface area contributed by atoms with E-state index >= 15 is 0 Å². The Morgan fingerprint density at radius 2 is 2.17 bits per heavy atom. The Morgan fingerprint density at radius 1 is 1.39 bits per heavy atom. The molecule has 2 amide bonds. The molecule has 1 aromatic heterocycles. The highest BCUT2D eigenvalue weighted by Crippen LogP contribution is 2.64. The molecule has 0 bridgehead atoms. The topological polar surface area (TPSA) is 66.5 Å². The second kappa shape index (κ2) is 4.84. The lowest BCUT2D eigenvalue weighted by Gasteiger charge is -2.45. The predicted molar refractivity (Wildman–Crippen MR) is 88.8 cm³/mol. The molecule has 3 aliphatic rings. The number of hydrogen-bond acceptors (Lipinski definition) is 4. The van der Waals surface area contributed by atoms with E-state index in [1.807, 2.05) is 38.1 Å². The minimum absolute atomic E-state index is 0.0924. The molecule has 0 aromatic carbocycles. The van der Waals surface area contributed by atoms with E-state index in [4.69, 9.17) is 4.74 Å². The van der Waals surface area contributed by atoms with E-state index in [2.05, 4.69) is 15.6 Å². The third-order valence-corrected chi connectivity index (χ3v) is 5.66. The normalized spacial score (nSPS) is 29.6. The molecular weight excluding hydrogens is 292 g/mol. The number of anilines is 2. The van der Waals surface area contributed by atoms with E-state index in [1.165, 1.54) is 6.42 Å². The van der Waals surface area contributed by atoms with Crippen LogP contribution in [0.2, 0.25) is 0 Å². The van der Waals surface area contributed by atoms with Gasteiger partial charge in [-0.1, -0.05) is 0 Å². The number of ether oxygens (including phenoxy) is 1. The number of carbonyl (C=O) groups is 1. The molecule has 6 heteroatoms. The molecule has 2 saturated carbocycles. The van der Waals surface area contributed by atoms with Gasteiger partial charge in [0, 0.05) is 25.7 Å². The molecule has 2 heterocycles. The summed E-state index contributed by atoms with van der Waals surface area (Å²) < 4.78 is 6.01. The number of amides is 2. The number of nitrogens with one attached hydrogen (secondary N) is 2. The number of nitrogens with zero attached hydrogens (tertiary/aromatic N) is 2. The molecule has 2 atom stereocenters. The Hall–Kier alpha value is -1.82. The van der Waals surface area contributed by atoms with Crippen LogP contribution in [0.25, 0.3) is 0 Å². The second-order valence-corrected chi connectivity index (χ2v) is 7.33. The summed E-state index contributed by atoms with van der Waals surface area (Å²) >= 11 is 0. The summed E-state index contributed by atoms with van der Waals surface area (Å²) in [6.07, 6.45) is 4.38. The summed E-state index contributed by atoms with van der Waals surface area (Å²) in [5.41, 5.74) is 1.43. The van der Waals surface area contributed by atoms with Crippen molar-refractivity contribution in [1.29, 1.82) is 0 Å². The van der Waals surface area contributed by atoms with Crippen LogP contribution in [0.4, 0.5) is 16.3 Å². The zero-order valence-corrected chi connectivity index (χ0v) is 14.0. The molecule has 0 radical (unpaired) electrons. The molecule has 2 aliphatic carbocycles. The van der Waals surface area contributed by atoms with Crippen molar-refractivity contribution in [2.75, 3.05) is 30.9 Å². The molecule has 1 aromatic rings. The number of rotatable bonds is 3. The highest BCUT2D eigenvalue weighted by atomic mass is 16.5. The largest absolute Gasteiger partial charge is 0.372 e. The van der Waals surface area contributed by atoms with Gasteiger partial charge in [0.05, 0.1) is 23.4 Å². The van der Waals surface area contributed by atoms with Crippen LogP contribution in [0.3, 0.4) is 0 Å². The summed E-state index contributed by atoms with van der Waals surface area (Å²) in [6.45, 7) is 2.73. The average molecular weight is 316 g/mol. The van der Waals surface area contributed by atoms with Gasteiger partial charge in [0.25, 0.3) is 0 Å². The van der Waals surface area contributed by atoms with Gasteiger partial charge in [-0.25, -0.2) is 9.78 Å². The first kappa shape index (κ1) is 14.8. The lowest BCUT2D eigenvalue weighted by atomic mass is 9.73. The fraction of sp³-hybridized carbons (Fsp3) is 0.647. The molecule has 124 valence electrons. The molecule has 6 nitrogen and oxygen atoms in total. The first-order valence-corrected chi connectivity index (χ1v) is 8.34. The Morgan fingerprint density at radius 3 is 2.78 bits per heavy atom. The zero-order chi connectivity index (χ0) is 16.2. The summed E-state index contributed by atoms with van der Waals surface area (Å²) in [4.78, 5) is 19.0. The van der Waals surface area contributed by atoms with Gasteiger partial charge >= 0.3 is 6.03 Å². The van der Waals surface area contributed by atoms with E-state index in [0.717, 1.165) is 43.1 Å². The lowest BCUT2D eigenvalue weighted by Crippen LogP contribution is -2.59. The second-order valence-electron chi connectivity index (χ2n) is 7.33. The van der Waals surface area contributed by atoms with Crippen LogP contribution in [0.5, 0.6) is 0 Å². The predicted octanol–water partition coefficient (Wildman–Crippen LogP) is 2.29. The fourth-order valence-corrected chi connectivity index (χ4v) is 4.17. The summed E-state index contributed by atoms with van der Waals surface area (Å²) in [5.74, 6) is 1.25. The quantitative estimate of drug-likeness (QED) is 0.898. The van der Waals surface area contributed by atoms with Crippen LogP contribution >= 0.6 is 0 Å². The van der Waals surface area contributed by atoms with Crippen LogP contribution in [0, 0.1) is 12.8 Å². The van der Waals surface area contributed by atoms with Crippen LogP contribution in [0.15, 0.2) is 12.1 Å². The lowest BCUT2D eigenvalue weighted by molar-refractivity contribution is -0.0932. The Kier molecular flexibility index (Phi) is 3.10. The van der Waals surface area contributed by atoms with E-state index in [-0.39, 0.29) is 17.2 Å². The molecule has 3 fully saturated rings. The van der Waals surface area contributed by atoms with Crippen molar-refractivity contribution in [1.82, 2.24) is 10.3 Å². The molecule has 4 rings (SSSR count). The summed E-state index contributed by atoms with van der Waals surface area (Å²) in [6, 6.07) is 3.66. The monoisotopic (exact) mass is 316 g/mol. The number of aryl methyl sites for hydroxylation is 1. The smallest absolute Gasteiger partial charge is 0.319 e. The maximum absolute atomic E-state index is 12.6. The number of carbonyl (C=O) groups excluding carboxylic acids is 1. The average Bonchev–Trinajstić information content (AvgIpc) is 3.04. The molecular formula is C17H24N4O2. The van der Waals surface area contributed by atoms with Gasteiger partial charge in [-0.3, -0.25) is 0 Å². The number of urea groups is 1. The van der Waals surface area contributed by atoms with Crippen molar-refractivity contribution in [3.05, 3.63) is 17.8 Å². The van der Waals surface area contributed by atoms with Gasteiger partial charge in [0.2, 0.25) is 0 Å². The van der Waals surface area contributed by atoms with Crippen molar-refractivity contribution in [2.24, 2.45) is 5.92 Å². The molecule has 0 unspecified atom stereocenters. The fourth-order valence-electron chi connectivity index (χ4n) is 4.17. The number of hydrogen-bond donors (Lipinski definition) is 2. The number of pyridine rings is 1. The maximum Gasteiger partial charge on any atom is 0.319 e. The van der Waals surface area contributed by atoms with Crippen molar-refractivity contribution in [3.63, 3.8) is 0 Å². The number of fused-ring (bicyclic) bond motifs is 2. The third kappa shape index (κ3) is 2.11. The molecule has 1 aliphatic heterocycles. The Bertz CT molecular complexity index is 656. The summed E-state index contributed by atoms with van der Waals surface area (Å²) in [7, 11) is 3.85. The van der Waals surface area contributed by atoms with Gasteiger partial charge in [0.15, 0.2) is 5.82 Å². The SMILES string of the molecule is Cc1ccc(NC(=O)N[C@]23C[C@H]2COC32CCC2)c(N(C)C)n1. The molecule has 23 heavy (non-hydrogen) atoms. The van der Waals surface area contributed by atoms with Crippen LogP contribution in [0.1, 0.15) is 31.4 Å². The minimum atomic E-state index is -0.155. The molecule has 1 saturated heterocycles. The van der Waals surface area contributed by atoms with E-state index in [0.29, 0.717) is 5.92 Å². The van der Waals surface area contributed by atoms with Crippen molar-refractivity contribution >= 4 is 17.5 Å². The van der Waals surface area contributed by atoms with Gasteiger partial charge in [-0.15, -0.1) is 0 Å². The molecule has 2 N–H and O–H groups in total. The van der Waals surface area contributed by atoms with Crippen molar-refractivity contribution in [3.8, 4) is 0 Å². The maximum atomic E-state index is 12.6. The zero-order valence-electron chi connectivity index (χ0n) is 14.0. The Balaban J connectivity index is 1.49. The molecule has 1 spiro atoms. The highest BCUT2D eigenvalue weighted by Gasteiger charge is 2.74. The van der Waals surface area contributed by atoms with Crippen LogP contribution in [-0.2, 0) is 4.74 Å². The first-order chi connectivity index (χ1) is 11.0. The summed E-state index contributed by atoms with van der Waals surface area (Å²) in [5, 5.41) is 6.20. The number of aromatic nitrogens is 1. The van der Waals surface area contributed by atoms with Gasteiger partial charge in [-0.2, -0.15) is 0 Å². The Labute approximate surface area is 136 Å². The van der Waals surface area contributed by atoms with E-state index in [1.54, 1.807) is 0 Å². The van der Waals surface area contributed by atoms with Crippen LogP contribution in [-0.4, -0.2) is 42.9 Å². The van der Waals surface area contributed by atoms with E-state index in [9.17, 15) is 4.79 Å². The standard InChI is InChI=1S/C17H24N4O2/c1-11-5-6-13(14(18-11)21(2)3)19-15(22)20-17-9-12(17)10-23-16(17)7-4-8-16/h5-6,12H,4,7-10H2,1-3H3,(H2,19,20,22)/t12-,17+/m0/s1. The van der Waals surface area contributed by atoms with Gasteiger partial charge in [0.1, 0.15) is 0 Å². The third-order valence-electron chi connectivity index (χ3n) is 5.66. The van der Waals surface area contributed by atoms with Crippen molar-refractivity contribution in [2.45, 2.75) is 43.7 Å². The van der Waals surface area contributed by atoms with Crippen molar-refractivity contribution < 1.29 is 9.53 Å². The van der Waals surface area contributed by atoms with Crippen LogP contribution < -0.4 is 15.5 Å². The van der Waals surface area contributed by atoms with Gasteiger partial charge in [-0.05, 0) is 44.7 Å². The van der Waals surface area contributed by atoms with E-state index < -0.39 is 0 Å². The highest BCUT2D eigenvalue weighted by molar-refractivity contribution is 5.93. The van der Waals surface area contributed by atoms with Gasteiger partial charge < -0.3 is 20.3 Å². The first-order valence-electron chi connectivity index (χ1n) is 8.34. The minimum Gasteiger partial charge on any atom is -0.372 e.